The average molecular weight is 546 g/mol. The van der Waals surface area contributed by atoms with Crippen LogP contribution in [0.4, 0.5) is 5.69 Å². The number of imidazole rings is 1. The Morgan fingerprint density at radius 3 is 2.51 bits per heavy atom. The fourth-order valence-corrected chi connectivity index (χ4v) is 4.81. The standard InChI is InChI=1S/C31H27N7O3/c1-3-41-31-33-27-13-7-12-26(30(39)32-22-8-6-9-23(18-22)40-2)28(27)38(31)19-20-14-16-21(17-15-20)24-10-4-5-11-25(24)29-34-36-37-35-29/h4-18H,3,19H2,1-2H3,(H,32,39)(H,34,35,36,37). The van der Waals surface area contributed by atoms with Crippen molar-refractivity contribution in [3.63, 3.8) is 0 Å². The molecule has 0 atom stereocenters. The highest BCUT2D eigenvalue weighted by atomic mass is 16.5. The number of hydrogen-bond acceptors (Lipinski definition) is 7. The Balaban J connectivity index is 1.34. The summed E-state index contributed by atoms with van der Waals surface area (Å²) in [5.74, 6) is 0.949. The molecule has 10 nitrogen and oxygen atoms in total. The van der Waals surface area contributed by atoms with Crippen LogP contribution >= 0.6 is 0 Å². The van der Waals surface area contributed by atoms with E-state index >= 15 is 0 Å². The number of rotatable bonds is 9. The molecule has 2 N–H and O–H groups in total. The number of hydrogen-bond donors (Lipinski definition) is 2. The van der Waals surface area contributed by atoms with Crippen molar-refractivity contribution in [2.75, 3.05) is 19.0 Å². The molecule has 1 amide bonds. The molecule has 2 heterocycles. The van der Waals surface area contributed by atoms with Crippen LogP contribution in [-0.4, -0.2) is 49.8 Å². The molecular weight excluding hydrogens is 518 g/mol. The van der Waals surface area contributed by atoms with E-state index in [0.717, 1.165) is 22.3 Å². The van der Waals surface area contributed by atoms with Crippen molar-refractivity contribution >= 4 is 22.6 Å². The van der Waals surface area contributed by atoms with Crippen molar-refractivity contribution in [1.82, 2.24) is 30.2 Å². The highest BCUT2D eigenvalue weighted by Crippen LogP contribution is 2.31. The van der Waals surface area contributed by atoms with E-state index in [1.807, 2.05) is 66.1 Å². The summed E-state index contributed by atoms with van der Waals surface area (Å²) in [4.78, 5) is 18.2. The van der Waals surface area contributed by atoms with Gasteiger partial charge in [-0.05, 0) is 53.1 Å². The second kappa shape index (κ2) is 11.3. The Hall–Kier alpha value is -5.51. The molecule has 2 aromatic heterocycles. The number of aromatic amines is 1. The quantitative estimate of drug-likeness (QED) is 0.243. The zero-order valence-corrected chi connectivity index (χ0v) is 22.5. The number of carbonyl (C=O) groups is 1. The third-order valence-electron chi connectivity index (χ3n) is 6.70. The Bertz CT molecular complexity index is 1810. The molecule has 41 heavy (non-hydrogen) atoms. The summed E-state index contributed by atoms with van der Waals surface area (Å²) in [5.41, 5.74) is 6.44. The minimum absolute atomic E-state index is 0.249. The number of benzene rings is 4. The van der Waals surface area contributed by atoms with Crippen LogP contribution in [0.1, 0.15) is 22.8 Å². The number of nitrogens with zero attached hydrogens (tertiary/aromatic N) is 5. The fourth-order valence-electron chi connectivity index (χ4n) is 4.81. The number of tetrazole rings is 1. The molecule has 6 rings (SSSR count). The molecule has 0 bridgehead atoms. The van der Waals surface area contributed by atoms with Gasteiger partial charge < -0.3 is 14.8 Å². The largest absolute Gasteiger partial charge is 0.497 e. The van der Waals surface area contributed by atoms with Gasteiger partial charge >= 0.3 is 0 Å². The van der Waals surface area contributed by atoms with Crippen LogP contribution in [0, 0.1) is 0 Å². The molecule has 0 unspecified atom stereocenters. The minimum atomic E-state index is -0.249. The van der Waals surface area contributed by atoms with Gasteiger partial charge in [0.2, 0.25) is 5.82 Å². The lowest BCUT2D eigenvalue weighted by atomic mass is 9.98. The van der Waals surface area contributed by atoms with Gasteiger partial charge in [-0.3, -0.25) is 9.36 Å². The molecule has 6 aromatic rings. The van der Waals surface area contributed by atoms with Gasteiger partial charge in [0.25, 0.3) is 11.9 Å². The molecule has 0 radical (unpaired) electrons. The van der Waals surface area contributed by atoms with Gasteiger partial charge in [-0.15, -0.1) is 10.2 Å². The topological polar surface area (TPSA) is 120 Å². The van der Waals surface area contributed by atoms with Crippen LogP contribution in [-0.2, 0) is 6.54 Å². The SMILES string of the molecule is CCOc1nc2cccc(C(=O)Nc3cccc(OC)c3)c2n1Cc1ccc(-c2ccccc2-c2nn[nH]n2)cc1. The van der Waals surface area contributed by atoms with E-state index in [2.05, 4.69) is 50.2 Å². The Morgan fingerprint density at radius 2 is 1.76 bits per heavy atom. The summed E-state index contributed by atoms with van der Waals surface area (Å²) >= 11 is 0. The number of fused-ring (bicyclic) bond motifs is 1. The van der Waals surface area contributed by atoms with E-state index in [0.29, 0.717) is 53.0 Å². The van der Waals surface area contributed by atoms with Gasteiger partial charge in [-0.25, -0.2) is 0 Å². The van der Waals surface area contributed by atoms with Gasteiger partial charge in [0.05, 0.1) is 36.9 Å². The average Bonchev–Trinajstić information content (AvgIpc) is 3.67. The molecule has 4 aromatic carbocycles. The van der Waals surface area contributed by atoms with Crippen LogP contribution < -0.4 is 14.8 Å². The number of methoxy groups -OCH3 is 1. The monoisotopic (exact) mass is 545 g/mol. The summed E-state index contributed by atoms with van der Waals surface area (Å²) in [7, 11) is 1.59. The van der Waals surface area contributed by atoms with Crippen LogP contribution in [0.15, 0.2) is 91.0 Å². The lowest BCUT2D eigenvalue weighted by molar-refractivity contribution is 0.102. The van der Waals surface area contributed by atoms with Crippen molar-refractivity contribution < 1.29 is 14.3 Å². The van der Waals surface area contributed by atoms with Gasteiger partial charge in [0.15, 0.2) is 0 Å². The van der Waals surface area contributed by atoms with Gasteiger partial charge in [0, 0.05) is 17.3 Å². The number of aromatic nitrogens is 6. The second-order valence-corrected chi connectivity index (χ2v) is 9.25. The predicted molar refractivity (Wildman–Crippen MR) is 156 cm³/mol. The molecule has 204 valence electrons. The van der Waals surface area contributed by atoms with Crippen LogP contribution in [0.3, 0.4) is 0 Å². The Morgan fingerprint density at radius 1 is 0.951 bits per heavy atom. The minimum Gasteiger partial charge on any atom is -0.497 e. The summed E-state index contributed by atoms with van der Waals surface area (Å²) in [6, 6.07) is 29.4. The van der Waals surface area contributed by atoms with E-state index in [4.69, 9.17) is 14.5 Å². The van der Waals surface area contributed by atoms with Gasteiger partial charge in [0.1, 0.15) is 5.75 Å². The van der Waals surface area contributed by atoms with E-state index in [-0.39, 0.29) is 5.91 Å². The normalized spacial score (nSPS) is 11.0. The van der Waals surface area contributed by atoms with E-state index in [1.165, 1.54) is 0 Å². The Labute approximate surface area is 236 Å². The number of ether oxygens (including phenoxy) is 2. The maximum absolute atomic E-state index is 13.5. The zero-order chi connectivity index (χ0) is 28.2. The van der Waals surface area contributed by atoms with Gasteiger partial charge in [-0.2, -0.15) is 10.2 Å². The first-order chi connectivity index (χ1) is 20.1. The van der Waals surface area contributed by atoms with Crippen LogP contribution in [0.25, 0.3) is 33.5 Å². The van der Waals surface area contributed by atoms with E-state index in [1.54, 1.807) is 19.2 Å². The number of H-pyrrole nitrogens is 1. The molecule has 0 fully saturated rings. The number of anilines is 1. The molecular formula is C31H27N7O3. The molecule has 10 heteroatoms. The number of para-hydroxylation sites is 1. The van der Waals surface area contributed by atoms with Crippen LogP contribution in [0.5, 0.6) is 11.8 Å². The first-order valence-electron chi connectivity index (χ1n) is 13.1. The number of amides is 1. The Kier molecular flexibility index (Phi) is 7.10. The van der Waals surface area contributed by atoms with Crippen molar-refractivity contribution in [1.29, 1.82) is 0 Å². The summed E-state index contributed by atoms with van der Waals surface area (Å²) in [6.07, 6.45) is 0. The molecule has 0 aliphatic carbocycles. The summed E-state index contributed by atoms with van der Waals surface area (Å²) in [5, 5.41) is 17.5. The second-order valence-electron chi connectivity index (χ2n) is 9.25. The molecule has 0 aliphatic rings. The lowest BCUT2D eigenvalue weighted by Gasteiger charge is -2.13. The van der Waals surface area contributed by atoms with Crippen molar-refractivity contribution in [3.8, 4) is 34.3 Å². The molecule has 0 spiro atoms. The lowest BCUT2D eigenvalue weighted by Crippen LogP contribution is -2.14. The van der Waals surface area contributed by atoms with Crippen molar-refractivity contribution in [3.05, 3.63) is 102 Å². The van der Waals surface area contributed by atoms with Gasteiger partial charge in [-0.1, -0.05) is 60.7 Å². The van der Waals surface area contributed by atoms with E-state index in [9.17, 15) is 4.79 Å². The third kappa shape index (κ3) is 5.22. The molecule has 0 saturated heterocycles. The number of carbonyl (C=O) groups excluding carboxylic acids is 1. The fraction of sp³-hybridized carbons (Fsp3) is 0.129. The maximum atomic E-state index is 13.5. The van der Waals surface area contributed by atoms with Crippen LogP contribution in [0.2, 0.25) is 0 Å². The number of nitrogens with one attached hydrogen (secondary N) is 2. The highest BCUT2D eigenvalue weighted by molar-refractivity contribution is 6.11. The van der Waals surface area contributed by atoms with E-state index < -0.39 is 0 Å². The third-order valence-corrected chi connectivity index (χ3v) is 6.70. The first-order valence-corrected chi connectivity index (χ1v) is 13.1. The van der Waals surface area contributed by atoms with Crippen molar-refractivity contribution in [2.24, 2.45) is 0 Å². The molecule has 0 aliphatic heterocycles. The predicted octanol–water partition coefficient (Wildman–Crippen LogP) is 5.59. The maximum Gasteiger partial charge on any atom is 0.297 e. The van der Waals surface area contributed by atoms with Crippen molar-refractivity contribution in [2.45, 2.75) is 13.5 Å². The summed E-state index contributed by atoms with van der Waals surface area (Å²) in [6.45, 7) is 2.82. The molecule has 0 saturated carbocycles. The highest BCUT2D eigenvalue weighted by Gasteiger charge is 2.20. The smallest absolute Gasteiger partial charge is 0.297 e. The zero-order valence-electron chi connectivity index (χ0n) is 22.5. The first kappa shape index (κ1) is 25.8. The summed E-state index contributed by atoms with van der Waals surface area (Å²) < 4.78 is 13.2.